The van der Waals surface area contributed by atoms with Crippen LogP contribution in [0.25, 0.3) is 0 Å². The topological polar surface area (TPSA) is 47.6 Å². The van der Waals surface area contributed by atoms with Gasteiger partial charge in [-0.3, -0.25) is 10.1 Å². The quantitative estimate of drug-likeness (QED) is 0.725. The van der Waals surface area contributed by atoms with Crippen LogP contribution in [0.3, 0.4) is 0 Å². The number of hydrogen-bond acceptors (Lipinski definition) is 4. The van der Waals surface area contributed by atoms with Crippen molar-refractivity contribution >= 4 is 5.97 Å². The molecule has 1 aliphatic rings. The minimum Gasteiger partial charge on any atom is -0.462 e. The van der Waals surface area contributed by atoms with Crippen molar-refractivity contribution in [2.24, 2.45) is 0 Å². The first-order valence-electron chi connectivity index (χ1n) is 5.02. The number of carbonyl (C=O) groups excluding carboxylic acids is 1. The number of carbonyl (C=O) groups is 1. The van der Waals surface area contributed by atoms with Gasteiger partial charge in [0.2, 0.25) is 0 Å². The van der Waals surface area contributed by atoms with E-state index in [0.29, 0.717) is 6.61 Å². The van der Waals surface area contributed by atoms with Crippen molar-refractivity contribution in [1.29, 1.82) is 0 Å². The fourth-order valence-electron chi connectivity index (χ4n) is 1.32. The van der Waals surface area contributed by atoms with Gasteiger partial charge in [0.25, 0.3) is 0 Å². The molecule has 0 amide bonds. The molecule has 0 aromatic carbocycles. The molecule has 0 saturated carbocycles. The molecule has 1 N–H and O–H groups in total. The predicted molar refractivity (Wildman–Crippen MR) is 48.9 cm³/mol. The van der Waals surface area contributed by atoms with Crippen LogP contribution in [0.2, 0.25) is 0 Å². The van der Waals surface area contributed by atoms with Crippen LogP contribution in [0, 0.1) is 0 Å². The van der Waals surface area contributed by atoms with Gasteiger partial charge in [0.15, 0.2) is 0 Å². The Morgan fingerprint density at radius 2 is 2.25 bits per heavy atom. The Bertz CT molecular complexity index is 227. The zero-order valence-corrected chi connectivity index (χ0v) is 8.68. The van der Waals surface area contributed by atoms with Crippen molar-refractivity contribution in [3.05, 3.63) is 0 Å². The summed E-state index contributed by atoms with van der Waals surface area (Å²) < 4.78 is 45.0. The zero-order valence-electron chi connectivity index (χ0n) is 8.68. The van der Waals surface area contributed by atoms with Gasteiger partial charge in [0, 0.05) is 6.61 Å². The summed E-state index contributed by atoms with van der Waals surface area (Å²) in [5.41, 5.74) is 0. The van der Waals surface area contributed by atoms with E-state index in [9.17, 15) is 18.0 Å². The summed E-state index contributed by atoms with van der Waals surface area (Å²) in [7, 11) is 0. The molecular formula is C9H14F3NO3. The van der Waals surface area contributed by atoms with Crippen molar-refractivity contribution < 1.29 is 27.4 Å². The number of ether oxygens (including phenoxy) is 2. The third-order valence-electron chi connectivity index (χ3n) is 2.05. The average molecular weight is 241 g/mol. The summed E-state index contributed by atoms with van der Waals surface area (Å²) in [4.78, 5) is 11.0. The molecule has 1 saturated heterocycles. The molecule has 1 heterocycles. The maximum atomic E-state index is 11.7. The van der Waals surface area contributed by atoms with Crippen LogP contribution in [0.15, 0.2) is 0 Å². The maximum Gasteiger partial charge on any atom is 0.401 e. The predicted octanol–water partition coefficient (Wildman–Crippen LogP) is 0.861. The number of rotatable bonds is 5. The fourth-order valence-corrected chi connectivity index (χ4v) is 1.32. The first-order chi connectivity index (χ1) is 7.47. The first kappa shape index (κ1) is 13.2. The molecule has 1 fully saturated rings. The van der Waals surface area contributed by atoms with Gasteiger partial charge in [0.1, 0.15) is 6.61 Å². The molecule has 1 aliphatic heterocycles. The number of halogens is 3. The smallest absolute Gasteiger partial charge is 0.401 e. The van der Waals surface area contributed by atoms with Gasteiger partial charge in [0.05, 0.1) is 19.2 Å². The molecule has 1 rings (SSSR count). The molecule has 7 heteroatoms. The summed E-state index contributed by atoms with van der Waals surface area (Å²) in [5.74, 6) is -0.695. The molecule has 0 spiro atoms. The van der Waals surface area contributed by atoms with E-state index in [-0.39, 0.29) is 12.7 Å². The zero-order chi connectivity index (χ0) is 12.0. The van der Waals surface area contributed by atoms with E-state index in [1.165, 1.54) is 0 Å². The summed E-state index contributed by atoms with van der Waals surface area (Å²) in [6.07, 6.45) is -2.67. The van der Waals surface area contributed by atoms with Crippen LogP contribution in [-0.2, 0) is 14.3 Å². The van der Waals surface area contributed by atoms with Gasteiger partial charge in [-0.25, -0.2) is 0 Å². The SMILES string of the molecule is O=C(CNCC(F)(F)F)OCC1CCCO1. The van der Waals surface area contributed by atoms with Gasteiger partial charge < -0.3 is 9.47 Å². The third kappa shape index (κ3) is 5.92. The highest BCUT2D eigenvalue weighted by molar-refractivity contribution is 5.71. The molecule has 94 valence electrons. The van der Waals surface area contributed by atoms with Gasteiger partial charge in [-0.1, -0.05) is 0 Å². The largest absolute Gasteiger partial charge is 0.462 e. The Hall–Kier alpha value is -0.820. The van der Waals surface area contributed by atoms with Crippen LogP contribution < -0.4 is 5.32 Å². The maximum absolute atomic E-state index is 11.7. The van der Waals surface area contributed by atoms with E-state index in [2.05, 4.69) is 0 Å². The van der Waals surface area contributed by atoms with Crippen molar-refractivity contribution in [2.75, 3.05) is 26.3 Å². The van der Waals surface area contributed by atoms with E-state index >= 15 is 0 Å². The van der Waals surface area contributed by atoms with E-state index in [0.717, 1.165) is 12.8 Å². The Balaban J connectivity index is 2.02. The molecular weight excluding hydrogens is 227 g/mol. The van der Waals surface area contributed by atoms with Gasteiger partial charge in [-0.05, 0) is 12.8 Å². The molecule has 4 nitrogen and oxygen atoms in total. The molecule has 0 aliphatic carbocycles. The van der Waals surface area contributed by atoms with Gasteiger partial charge in [-0.2, -0.15) is 13.2 Å². The molecule has 0 bridgehead atoms. The minimum atomic E-state index is -4.31. The van der Waals surface area contributed by atoms with Crippen LogP contribution in [0.1, 0.15) is 12.8 Å². The summed E-state index contributed by atoms with van der Waals surface area (Å²) in [6, 6.07) is 0. The lowest BCUT2D eigenvalue weighted by Crippen LogP contribution is -2.34. The van der Waals surface area contributed by atoms with E-state index in [1.54, 1.807) is 0 Å². The fraction of sp³-hybridized carbons (Fsp3) is 0.889. The Morgan fingerprint density at radius 3 is 2.81 bits per heavy atom. The van der Waals surface area contributed by atoms with E-state index in [4.69, 9.17) is 9.47 Å². The second-order valence-corrected chi connectivity index (χ2v) is 3.54. The lowest BCUT2D eigenvalue weighted by atomic mass is 10.2. The average Bonchev–Trinajstić information content (AvgIpc) is 2.65. The highest BCUT2D eigenvalue weighted by atomic mass is 19.4. The van der Waals surface area contributed by atoms with Crippen LogP contribution in [0.4, 0.5) is 13.2 Å². The van der Waals surface area contributed by atoms with Crippen molar-refractivity contribution in [2.45, 2.75) is 25.1 Å². The van der Waals surface area contributed by atoms with Crippen LogP contribution >= 0.6 is 0 Å². The lowest BCUT2D eigenvalue weighted by Gasteiger charge is -2.11. The number of hydrogen-bond donors (Lipinski definition) is 1. The van der Waals surface area contributed by atoms with E-state index in [1.807, 2.05) is 5.32 Å². The van der Waals surface area contributed by atoms with Crippen molar-refractivity contribution in [3.63, 3.8) is 0 Å². The van der Waals surface area contributed by atoms with Gasteiger partial charge >= 0.3 is 12.1 Å². The van der Waals surface area contributed by atoms with E-state index < -0.39 is 25.2 Å². The summed E-state index contributed by atoms with van der Waals surface area (Å²) >= 11 is 0. The lowest BCUT2D eigenvalue weighted by molar-refractivity contribution is -0.147. The number of alkyl halides is 3. The van der Waals surface area contributed by atoms with Crippen LogP contribution in [-0.4, -0.2) is 44.6 Å². The Morgan fingerprint density at radius 1 is 1.50 bits per heavy atom. The normalized spacial score (nSPS) is 21.1. The van der Waals surface area contributed by atoms with Crippen molar-refractivity contribution in [3.8, 4) is 0 Å². The summed E-state index contributed by atoms with van der Waals surface area (Å²) in [5, 5.41) is 1.96. The third-order valence-corrected chi connectivity index (χ3v) is 2.05. The molecule has 0 aromatic heterocycles. The molecule has 16 heavy (non-hydrogen) atoms. The second-order valence-electron chi connectivity index (χ2n) is 3.54. The highest BCUT2D eigenvalue weighted by Crippen LogP contribution is 2.12. The standard InChI is InChI=1S/C9H14F3NO3/c10-9(11,12)6-13-4-8(14)16-5-7-2-1-3-15-7/h7,13H,1-6H2. The Labute approximate surface area is 91.1 Å². The molecule has 1 unspecified atom stereocenters. The van der Waals surface area contributed by atoms with Gasteiger partial charge in [-0.15, -0.1) is 0 Å². The highest BCUT2D eigenvalue weighted by Gasteiger charge is 2.26. The minimum absolute atomic E-state index is 0.105. The number of esters is 1. The Kier molecular flexibility index (Phi) is 5.01. The monoisotopic (exact) mass is 241 g/mol. The summed E-state index contributed by atoms with van der Waals surface area (Å²) in [6.45, 7) is -0.866. The molecule has 0 radical (unpaired) electrons. The molecule has 0 aromatic rings. The first-order valence-corrected chi connectivity index (χ1v) is 5.02. The molecule has 1 atom stereocenters. The second kappa shape index (κ2) is 6.05. The van der Waals surface area contributed by atoms with Crippen LogP contribution in [0.5, 0.6) is 0 Å². The number of nitrogens with one attached hydrogen (secondary N) is 1. The van der Waals surface area contributed by atoms with Crippen molar-refractivity contribution in [1.82, 2.24) is 5.32 Å².